The van der Waals surface area contributed by atoms with Gasteiger partial charge < -0.3 is 5.32 Å². The molecule has 3 nitrogen and oxygen atoms in total. The van der Waals surface area contributed by atoms with Gasteiger partial charge in [-0.1, -0.05) is 0 Å². The molecule has 0 aromatic carbocycles. The molecule has 78 valence electrons. The van der Waals surface area contributed by atoms with Gasteiger partial charge in [0.2, 0.25) is 0 Å². The van der Waals surface area contributed by atoms with Gasteiger partial charge in [0.15, 0.2) is 0 Å². The number of nitrogens with zero attached hydrogens (tertiary/aromatic N) is 2. The highest BCUT2D eigenvalue weighted by Crippen LogP contribution is 2.30. The van der Waals surface area contributed by atoms with Crippen LogP contribution in [0, 0.1) is 6.92 Å². The molecule has 0 spiro atoms. The highest BCUT2D eigenvalue weighted by molar-refractivity contribution is 5.45. The molecule has 1 N–H and O–H groups in total. The number of aryl methyl sites for hydroxylation is 1. The molecule has 14 heavy (non-hydrogen) atoms. The number of aromatic nitrogens is 2. The Hall–Kier alpha value is -1.26. The molecular formula is C9H13F2N3. The minimum atomic E-state index is -2.91. The third kappa shape index (κ3) is 2.37. The summed E-state index contributed by atoms with van der Waals surface area (Å²) >= 11 is 0. The number of nitrogens with one attached hydrogen (secondary N) is 1. The third-order valence-corrected chi connectivity index (χ3v) is 1.73. The van der Waals surface area contributed by atoms with E-state index in [1.54, 1.807) is 6.92 Å². The summed E-state index contributed by atoms with van der Waals surface area (Å²) in [7, 11) is 0. The molecule has 0 atom stereocenters. The third-order valence-electron chi connectivity index (χ3n) is 1.73. The van der Waals surface area contributed by atoms with Crippen molar-refractivity contribution in [2.24, 2.45) is 0 Å². The molecule has 1 aromatic rings. The number of anilines is 1. The summed E-state index contributed by atoms with van der Waals surface area (Å²) in [5, 5.41) is 2.79. The van der Waals surface area contributed by atoms with Crippen LogP contribution in [0.1, 0.15) is 25.2 Å². The van der Waals surface area contributed by atoms with Crippen LogP contribution in [0.15, 0.2) is 6.20 Å². The molecule has 5 heteroatoms. The maximum absolute atomic E-state index is 13.1. The van der Waals surface area contributed by atoms with E-state index in [4.69, 9.17) is 0 Å². The van der Waals surface area contributed by atoms with E-state index in [9.17, 15) is 8.78 Å². The van der Waals surface area contributed by atoms with Gasteiger partial charge in [0.25, 0.3) is 5.92 Å². The van der Waals surface area contributed by atoms with E-state index in [2.05, 4.69) is 15.3 Å². The second kappa shape index (κ2) is 3.86. The number of halogens is 2. The van der Waals surface area contributed by atoms with Crippen molar-refractivity contribution in [1.29, 1.82) is 0 Å². The van der Waals surface area contributed by atoms with E-state index in [1.807, 2.05) is 6.92 Å². The number of hydrogen-bond donors (Lipinski definition) is 1. The van der Waals surface area contributed by atoms with Crippen LogP contribution in [0.25, 0.3) is 0 Å². The van der Waals surface area contributed by atoms with Crippen LogP contribution < -0.4 is 5.32 Å². The summed E-state index contributed by atoms with van der Waals surface area (Å²) in [6.45, 7) is 4.88. The van der Waals surface area contributed by atoms with Crippen LogP contribution in [0.3, 0.4) is 0 Å². The van der Waals surface area contributed by atoms with Gasteiger partial charge in [0.1, 0.15) is 11.6 Å². The summed E-state index contributed by atoms with van der Waals surface area (Å²) in [4.78, 5) is 7.68. The van der Waals surface area contributed by atoms with Gasteiger partial charge in [0.05, 0.1) is 5.56 Å². The quantitative estimate of drug-likeness (QED) is 0.815. The Kier molecular flexibility index (Phi) is 2.98. The SMILES string of the molecule is CCNc1nc(C)ncc1C(C)(F)F. The fraction of sp³-hybridized carbons (Fsp3) is 0.556. The van der Waals surface area contributed by atoms with Crippen LogP contribution in [-0.4, -0.2) is 16.5 Å². The Morgan fingerprint density at radius 3 is 2.64 bits per heavy atom. The zero-order valence-corrected chi connectivity index (χ0v) is 8.43. The molecular weight excluding hydrogens is 188 g/mol. The number of rotatable bonds is 3. The van der Waals surface area contributed by atoms with Crippen LogP contribution in [-0.2, 0) is 5.92 Å². The van der Waals surface area contributed by atoms with Gasteiger partial charge in [-0.2, -0.15) is 0 Å². The molecule has 0 aliphatic rings. The van der Waals surface area contributed by atoms with Crippen LogP contribution in [0.4, 0.5) is 14.6 Å². The molecule has 0 saturated carbocycles. The largest absolute Gasteiger partial charge is 0.370 e. The summed E-state index contributed by atoms with van der Waals surface area (Å²) < 4.78 is 26.1. The van der Waals surface area contributed by atoms with E-state index in [0.717, 1.165) is 6.92 Å². The van der Waals surface area contributed by atoms with Crippen molar-refractivity contribution in [1.82, 2.24) is 9.97 Å². The van der Waals surface area contributed by atoms with Crippen molar-refractivity contribution in [3.63, 3.8) is 0 Å². The van der Waals surface area contributed by atoms with Gasteiger partial charge >= 0.3 is 0 Å². The Labute approximate surface area is 81.6 Å². The molecule has 0 aliphatic carbocycles. The monoisotopic (exact) mass is 201 g/mol. The van der Waals surface area contributed by atoms with Crippen molar-refractivity contribution in [2.75, 3.05) is 11.9 Å². The molecule has 0 amide bonds. The first-order chi connectivity index (χ1) is 6.45. The fourth-order valence-electron chi connectivity index (χ4n) is 1.09. The minimum absolute atomic E-state index is 0.162. The Morgan fingerprint density at radius 2 is 2.14 bits per heavy atom. The smallest absolute Gasteiger partial charge is 0.275 e. The first-order valence-electron chi connectivity index (χ1n) is 4.41. The van der Waals surface area contributed by atoms with E-state index >= 15 is 0 Å². The Bertz CT molecular complexity index is 320. The van der Waals surface area contributed by atoms with Crippen molar-refractivity contribution >= 4 is 5.82 Å². The lowest BCUT2D eigenvalue weighted by molar-refractivity contribution is 0.0175. The molecule has 0 radical (unpaired) electrons. The lowest BCUT2D eigenvalue weighted by Gasteiger charge is -2.15. The molecule has 0 bridgehead atoms. The topological polar surface area (TPSA) is 37.8 Å². The molecule has 1 heterocycles. The van der Waals surface area contributed by atoms with E-state index < -0.39 is 5.92 Å². The summed E-state index contributed by atoms with van der Waals surface area (Å²) in [6.07, 6.45) is 1.17. The maximum atomic E-state index is 13.1. The van der Waals surface area contributed by atoms with Gasteiger partial charge in [0, 0.05) is 19.7 Å². The molecule has 0 aliphatic heterocycles. The number of alkyl halides is 2. The molecule has 1 rings (SSSR count). The highest BCUT2D eigenvalue weighted by atomic mass is 19.3. The lowest BCUT2D eigenvalue weighted by Crippen LogP contribution is -2.14. The number of hydrogen-bond acceptors (Lipinski definition) is 3. The van der Waals surface area contributed by atoms with Crippen LogP contribution >= 0.6 is 0 Å². The second-order valence-corrected chi connectivity index (χ2v) is 3.10. The van der Waals surface area contributed by atoms with Crippen molar-refractivity contribution in [3.05, 3.63) is 17.6 Å². The van der Waals surface area contributed by atoms with Crippen molar-refractivity contribution in [2.45, 2.75) is 26.7 Å². The zero-order valence-electron chi connectivity index (χ0n) is 8.43. The van der Waals surface area contributed by atoms with Gasteiger partial charge in [-0.25, -0.2) is 18.7 Å². The summed E-state index contributed by atoms with van der Waals surface area (Å²) in [6, 6.07) is 0. The molecule has 1 aromatic heterocycles. The Balaban J connectivity index is 3.15. The first kappa shape index (κ1) is 10.8. The van der Waals surface area contributed by atoms with E-state index in [1.165, 1.54) is 6.20 Å². The van der Waals surface area contributed by atoms with Gasteiger partial charge in [-0.05, 0) is 13.8 Å². The van der Waals surface area contributed by atoms with Crippen molar-refractivity contribution in [3.8, 4) is 0 Å². The predicted molar refractivity (Wildman–Crippen MR) is 50.5 cm³/mol. The van der Waals surface area contributed by atoms with Gasteiger partial charge in [-0.3, -0.25) is 0 Å². The van der Waals surface area contributed by atoms with E-state index in [-0.39, 0.29) is 11.4 Å². The predicted octanol–water partition coefficient (Wildman–Crippen LogP) is 2.33. The fourth-order valence-corrected chi connectivity index (χ4v) is 1.09. The minimum Gasteiger partial charge on any atom is -0.370 e. The van der Waals surface area contributed by atoms with E-state index in [0.29, 0.717) is 12.4 Å². The summed E-state index contributed by atoms with van der Waals surface area (Å²) in [5.41, 5.74) is -0.162. The second-order valence-electron chi connectivity index (χ2n) is 3.10. The standard InChI is InChI=1S/C9H13F2N3/c1-4-12-8-7(9(3,10)11)5-13-6(2)14-8/h5H,4H2,1-3H3,(H,12,13,14). The Morgan fingerprint density at radius 1 is 1.50 bits per heavy atom. The maximum Gasteiger partial charge on any atom is 0.275 e. The average Bonchev–Trinajstić information content (AvgIpc) is 2.02. The molecule has 0 saturated heterocycles. The summed E-state index contributed by atoms with van der Waals surface area (Å²) in [5.74, 6) is -2.22. The van der Waals surface area contributed by atoms with Crippen LogP contribution in [0.2, 0.25) is 0 Å². The molecule has 0 fully saturated rings. The van der Waals surface area contributed by atoms with Gasteiger partial charge in [-0.15, -0.1) is 0 Å². The van der Waals surface area contributed by atoms with Crippen LogP contribution in [0.5, 0.6) is 0 Å². The highest BCUT2D eigenvalue weighted by Gasteiger charge is 2.28. The average molecular weight is 201 g/mol. The lowest BCUT2D eigenvalue weighted by atomic mass is 10.2. The zero-order chi connectivity index (χ0) is 10.8. The molecule has 0 unspecified atom stereocenters. The normalized spacial score (nSPS) is 11.5. The van der Waals surface area contributed by atoms with Crippen molar-refractivity contribution < 1.29 is 8.78 Å². The first-order valence-corrected chi connectivity index (χ1v) is 4.41.